The summed E-state index contributed by atoms with van der Waals surface area (Å²) in [6.45, 7) is 0. The number of halogens is 1. The molecule has 1 aromatic rings. The Hall–Kier alpha value is -1.63. The third-order valence-corrected chi connectivity index (χ3v) is 2.06. The van der Waals surface area contributed by atoms with Gasteiger partial charge >= 0.3 is 5.97 Å². The summed E-state index contributed by atoms with van der Waals surface area (Å²) in [5.74, 6) is -1.50. The van der Waals surface area contributed by atoms with Gasteiger partial charge in [-0.3, -0.25) is 10.5 Å². The highest BCUT2D eigenvalue weighted by Crippen LogP contribution is 2.04. The third-order valence-electron chi connectivity index (χ3n) is 1.57. The molecular formula is C10H13BrN2O4. The molecule has 0 aromatic carbocycles. The van der Waals surface area contributed by atoms with E-state index in [0.717, 1.165) is 4.47 Å². The summed E-state index contributed by atoms with van der Waals surface area (Å²) in [5, 5.41) is 17.7. The molecule has 0 saturated heterocycles. The Morgan fingerprint density at radius 3 is 2.41 bits per heavy atom. The summed E-state index contributed by atoms with van der Waals surface area (Å²) >= 11 is 3.26. The lowest BCUT2D eigenvalue weighted by atomic mass is 10.2. The van der Waals surface area contributed by atoms with Gasteiger partial charge in [-0.05, 0) is 34.8 Å². The van der Waals surface area contributed by atoms with Crippen LogP contribution in [0.25, 0.3) is 0 Å². The number of aliphatic carboxylic acids is 2. The van der Waals surface area contributed by atoms with Gasteiger partial charge in [0, 0.05) is 18.5 Å². The Labute approximate surface area is 107 Å². The number of carboxylic acid groups (broad SMARTS) is 2. The van der Waals surface area contributed by atoms with E-state index in [0.29, 0.717) is 5.82 Å². The zero-order chi connectivity index (χ0) is 13.3. The summed E-state index contributed by atoms with van der Waals surface area (Å²) in [4.78, 5) is 22.3. The average Bonchev–Trinajstić information content (AvgIpc) is 2.22. The van der Waals surface area contributed by atoms with E-state index in [1.807, 2.05) is 6.07 Å². The van der Waals surface area contributed by atoms with Crippen LogP contribution in [0.15, 0.2) is 22.8 Å². The standard InChI is InChI=1S/C5H5BrN2.C5H8O4/c6-4-1-2-5(7)8-3-4;6-4(7)2-1-3-5(8)9/h1-3H,(H2,7,8);1-3H2,(H,6,7)(H,8,9). The van der Waals surface area contributed by atoms with Crippen molar-refractivity contribution >= 4 is 33.7 Å². The molecule has 0 saturated carbocycles. The molecule has 0 aliphatic heterocycles. The molecule has 0 radical (unpaired) electrons. The van der Waals surface area contributed by atoms with Crippen LogP contribution in [0.3, 0.4) is 0 Å². The third kappa shape index (κ3) is 10.6. The molecule has 0 aliphatic rings. The van der Waals surface area contributed by atoms with Gasteiger partial charge in [0.25, 0.3) is 5.82 Å². The zero-order valence-corrected chi connectivity index (χ0v) is 10.6. The van der Waals surface area contributed by atoms with Crippen LogP contribution < -0.4 is 15.8 Å². The maximum atomic E-state index is 9.77. The quantitative estimate of drug-likeness (QED) is 0.801. The highest BCUT2D eigenvalue weighted by Gasteiger charge is 1.94. The minimum Gasteiger partial charge on any atom is -0.550 e. The largest absolute Gasteiger partial charge is 0.550 e. The number of hydrogen-bond donors (Lipinski definition) is 2. The number of H-pyrrole nitrogens is 1. The normalized spacial score (nSPS) is 9.00. The van der Waals surface area contributed by atoms with Crippen molar-refractivity contribution in [1.29, 1.82) is 0 Å². The summed E-state index contributed by atoms with van der Waals surface area (Å²) in [7, 11) is 0. The smallest absolute Gasteiger partial charge is 0.303 e. The predicted octanol–water partition coefficient (Wildman–Crippen LogP) is -0.163. The molecule has 6 nitrogen and oxygen atoms in total. The molecule has 17 heavy (non-hydrogen) atoms. The minimum atomic E-state index is -1.20. The van der Waals surface area contributed by atoms with Gasteiger partial charge < -0.3 is 15.0 Å². The maximum Gasteiger partial charge on any atom is 0.303 e. The van der Waals surface area contributed by atoms with Gasteiger partial charge in [-0.15, -0.1) is 0 Å². The number of nitrogens with two attached hydrogens (primary N) is 1. The van der Waals surface area contributed by atoms with Gasteiger partial charge in [-0.25, -0.2) is 4.98 Å². The van der Waals surface area contributed by atoms with Crippen LogP contribution in [0, 0.1) is 0 Å². The molecule has 0 atom stereocenters. The van der Waals surface area contributed by atoms with Crippen molar-refractivity contribution in [3.63, 3.8) is 0 Å². The number of carbonyl (C=O) groups excluding carboxylic acids is 1. The van der Waals surface area contributed by atoms with Crippen molar-refractivity contribution in [1.82, 2.24) is 0 Å². The summed E-state index contributed by atoms with van der Waals surface area (Å²) in [6, 6.07) is 3.68. The van der Waals surface area contributed by atoms with Crippen LogP contribution in [-0.2, 0) is 9.59 Å². The molecule has 4 N–H and O–H groups in total. The molecule has 0 spiro atoms. The molecule has 1 aromatic heterocycles. The second-order valence-electron chi connectivity index (χ2n) is 3.08. The number of nitrogen functional groups attached to an aromatic ring is 1. The molecule has 7 heteroatoms. The number of rotatable bonds is 4. The Bertz CT molecular complexity index is 332. The van der Waals surface area contributed by atoms with Crippen molar-refractivity contribution < 1.29 is 24.8 Å². The minimum absolute atomic E-state index is 0.103. The maximum absolute atomic E-state index is 9.77. The molecule has 0 bridgehead atoms. The van der Waals surface area contributed by atoms with Gasteiger partial charge in [0.1, 0.15) is 6.20 Å². The number of anilines is 1. The number of nitrogens with one attached hydrogen (secondary N) is 1. The molecule has 0 amide bonds. The number of pyridine rings is 1. The van der Waals surface area contributed by atoms with Gasteiger partial charge in [0.2, 0.25) is 0 Å². The monoisotopic (exact) mass is 304 g/mol. The predicted molar refractivity (Wildman–Crippen MR) is 61.6 cm³/mol. The van der Waals surface area contributed by atoms with Crippen LogP contribution in [-0.4, -0.2) is 17.0 Å². The van der Waals surface area contributed by atoms with E-state index in [1.165, 1.54) is 0 Å². The van der Waals surface area contributed by atoms with Gasteiger partial charge in [-0.1, -0.05) is 0 Å². The first-order chi connectivity index (χ1) is 7.91. The van der Waals surface area contributed by atoms with E-state index in [9.17, 15) is 14.7 Å². The van der Waals surface area contributed by atoms with Crippen LogP contribution in [0.2, 0.25) is 0 Å². The van der Waals surface area contributed by atoms with E-state index < -0.39 is 11.9 Å². The fraction of sp³-hybridized carbons (Fsp3) is 0.300. The molecule has 0 aliphatic carbocycles. The van der Waals surface area contributed by atoms with Crippen molar-refractivity contribution in [2.24, 2.45) is 0 Å². The van der Waals surface area contributed by atoms with Gasteiger partial charge in [-0.2, -0.15) is 0 Å². The van der Waals surface area contributed by atoms with Crippen LogP contribution in [0.5, 0.6) is 0 Å². The van der Waals surface area contributed by atoms with E-state index in [-0.39, 0.29) is 19.3 Å². The zero-order valence-electron chi connectivity index (χ0n) is 8.98. The fourth-order valence-corrected chi connectivity index (χ4v) is 1.05. The van der Waals surface area contributed by atoms with E-state index in [2.05, 4.69) is 20.9 Å². The SMILES string of the molecule is Nc1ccc(Br)c[nH+]1.O=C([O-])CCCC(=O)O. The number of aromatic nitrogens is 1. The topological polar surface area (TPSA) is 118 Å². The van der Waals surface area contributed by atoms with E-state index in [4.69, 9.17) is 10.8 Å². The Morgan fingerprint density at radius 2 is 2.06 bits per heavy atom. The lowest BCUT2D eigenvalue weighted by Crippen LogP contribution is -2.21. The fourth-order valence-electron chi connectivity index (χ4n) is 0.802. The highest BCUT2D eigenvalue weighted by atomic mass is 79.9. The summed E-state index contributed by atoms with van der Waals surface area (Å²) in [5.41, 5.74) is 5.35. The molecule has 94 valence electrons. The molecular weight excluding hydrogens is 292 g/mol. The Balaban J connectivity index is 0.000000302. The van der Waals surface area contributed by atoms with Crippen LogP contribution in [0.1, 0.15) is 19.3 Å². The number of hydrogen-bond acceptors (Lipinski definition) is 4. The number of carboxylic acids is 2. The summed E-state index contributed by atoms with van der Waals surface area (Å²) < 4.78 is 1.01. The van der Waals surface area contributed by atoms with E-state index in [1.54, 1.807) is 12.3 Å². The molecule has 0 fully saturated rings. The first kappa shape index (κ1) is 15.4. The first-order valence-corrected chi connectivity index (χ1v) is 5.55. The van der Waals surface area contributed by atoms with Crippen molar-refractivity contribution in [2.45, 2.75) is 19.3 Å². The van der Waals surface area contributed by atoms with Crippen molar-refractivity contribution in [3.8, 4) is 0 Å². The number of aromatic amines is 1. The first-order valence-electron chi connectivity index (χ1n) is 4.76. The summed E-state index contributed by atoms with van der Waals surface area (Å²) in [6.07, 6.45) is 1.66. The van der Waals surface area contributed by atoms with Gasteiger partial charge in [0.05, 0.1) is 4.47 Å². The number of carbonyl (C=O) groups is 2. The van der Waals surface area contributed by atoms with E-state index >= 15 is 0 Å². The Kier molecular flexibility index (Phi) is 7.70. The molecule has 1 rings (SSSR count). The molecule has 1 heterocycles. The molecule has 0 unspecified atom stereocenters. The Morgan fingerprint density at radius 1 is 1.41 bits per heavy atom. The lowest BCUT2D eigenvalue weighted by molar-refractivity contribution is -0.361. The van der Waals surface area contributed by atoms with Crippen molar-refractivity contribution in [3.05, 3.63) is 22.8 Å². The lowest BCUT2D eigenvalue weighted by Gasteiger charge is -1.96. The highest BCUT2D eigenvalue weighted by molar-refractivity contribution is 9.10. The second kappa shape index (κ2) is 8.51. The van der Waals surface area contributed by atoms with Crippen LogP contribution in [0.4, 0.5) is 5.82 Å². The van der Waals surface area contributed by atoms with Gasteiger partial charge in [0.15, 0.2) is 0 Å². The average molecular weight is 305 g/mol. The second-order valence-corrected chi connectivity index (χ2v) is 4.00. The van der Waals surface area contributed by atoms with Crippen molar-refractivity contribution in [2.75, 3.05) is 5.73 Å². The van der Waals surface area contributed by atoms with Crippen LogP contribution >= 0.6 is 15.9 Å².